The molecule has 0 spiro atoms. The van der Waals surface area contributed by atoms with Crippen LogP contribution < -0.4 is 26.2 Å². The molecule has 0 atom stereocenters. The number of nitrogens with zero attached hydrogens (tertiary/aromatic N) is 2. The van der Waals surface area contributed by atoms with Gasteiger partial charge in [-0.2, -0.15) is 0 Å². The van der Waals surface area contributed by atoms with Gasteiger partial charge in [0.15, 0.2) is 0 Å². The lowest BCUT2D eigenvalue weighted by Gasteiger charge is -2.45. The SMILES string of the molecule is CCC(C)(C)c1ccc(N2c3ccc(C(C)(C)CC)cc3B3c4cc(C(C)(C)CC)ccc4N(c4ccc(-c5cccc6oc7ccccc7c56)cc4)c4cccc2c43)cc1. The van der Waals surface area contributed by atoms with E-state index in [1.165, 1.54) is 72.6 Å². The summed E-state index contributed by atoms with van der Waals surface area (Å²) in [6.07, 6.45) is 3.22. The zero-order valence-corrected chi connectivity index (χ0v) is 37.4. The van der Waals surface area contributed by atoms with Gasteiger partial charge in [-0.1, -0.05) is 147 Å². The first-order valence-corrected chi connectivity index (χ1v) is 22.5. The molecule has 0 bridgehead atoms. The summed E-state index contributed by atoms with van der Waals surface area (Å²) < 4.78 is 6.30. The molecule has 0 saturated carbocycles. The van der Waals surface area contributed by atoms with Gasteiger partial charge in [-0.3, -0.25) is 0 Å². The number of para-hydroxylation sites is 1. The minimum absolute atomic E-state index is 0.0309. The number of fused-ring (bicyclic) bond motifs is 7. The van der Waals surface area contributed by atoms with Crippen LogP contribution in [-0.2, 0) is 16.2 Å². The molecular formula is C57H57BN2O. The summed E-state index contributed by atoms with van der Waals surface area (Å²) in [5.41, 5.74) is 19.9. The van der Waals surface area contributed by atoms with Crippen LogP contribution in [0.5, 0.6) is 0 Å². The molecule has 0 aliphatic carbocycles. The van der Waals surface area contributed by atoms with Crippen LogP contribution in [0.25, 0.3) is 33.1 Å². The molecule has 3 nitrogen and oxygen atoms in total. The van der Waals surface area contributed by atoms with Gasteiger partial charge in [-0.15, -0.1) is 0 Å². The van der Waals surface area contributed by atoms with E-state index in [1.54, 1.807) is 0 Å². The van der Waals surface area contributed by atoms with Crippen LogP contribution >= 0.6 is 0 Å². The van der Waals surface area contributed by atoms with E-state index in [-0.39, 0.29) is 23.0 Å². The summed E-state index contributed by atoms with van der Waals surface area (Å²) in [5.74, 6) is 0. The fraction of sp³-hybridized carbons (Fsp3) is 0.263. The third-order valence-electron chi connectivity index (χ3n) is 15.0. The van der Waals surface area contributed by atoms with Crippen molar-refractivity contribution in [3.8, 4) is 11.1 Å². The van der Waals surface area contributed by atoms with Crippen LogP contribution in [0.3, 0.4) is 0 Å². The Morgan fingerprint density at radius 2 is 0.934 bits per heavy atom. The molecule has 4 heteroatoms. The van der Waals surface area contributed by atoms with Crippen molar-refractivity contribution in [3.05, 3.63) is 162 Å². The lowest BCUT2D eigenvalue weighted by molar-refractivity contribution is 0.506. The highest BCUT2D eigenvalue weighted by Crippen LogP contribution is 2.46. The minimum Gasteiger partial charge on any atom is -0.456 e. The summed E-state index contributed by atoms with van der Waals surface area (Å²) in [6.45, 7) is 21.2. The zero-order chi connectivity index (χ0) is 42.4. The van der Waals surface area contributed by atoms with E-state index >= 15 is 0 Å². The fourth-order valence-electron chi connectivity index (χ4n) is 9.82. The Balaban J connectivity index is 1.20. The first-order valence-electron chi connectivity index (χ1n) is 22.5. The Kier molecular flexibility index (Phi) is 9.18. The maximum Gasteiger partial charge on any atom is 0.252 e. The Labute approximate surface area is 363 Å². The molecule has 0 N–H and O–H groups in total. The van der Waals surface area contributed by atoms with Gasteiger partial charge >= 0.3 is 0 Å². The van der Waals surface area contributed by atoms with E-state index in [0.29, 0.717) is 0 Å². The highest BCUT2D eigenvalue weighted by Gasteiger charge is 2.44. The zero-order valence-electron chi connectivity index (χ0n) is 37.4. The molecule has 7 aromatic carbocycles. The maximum atomic E-state index is 6.30. The van der Waals surface area contributed by atoms with E-state index in [9.17, 15) is 0 Å². The lowest BCUT2D eigenvalue weighted by atomic mass is 9.33. The fourth-order valence-corrected chi connectivity index (χ4v) is 9.82. The lowest BCUT2D eigenvalue weighted by Crippen LogP contribution is -2.61. The van der Waals surface area contributed by atoms with E-state index in [0.717, 1.165) is 46.9 Å². The first kappa shape index (κ1) is 39.2. The van der Waals surface area contributed by atoms with E-state index in [4.69, 9.17) is 4.42 Å². The molecule has 304 valence electrons. The van der Waals surface area contributed by atoms with Gasteiger partial charge in [0.25, 0.3) is 6.71 Å². The largest absolute Gasteiger partial charge is 0.456 e. The van der Waals surface area contributed by atoms with Gasteiger partial charge in [-0.25, -0.2) is 0 Å². The molecule has 61 heavy (non-hydrogen) atoms. The van der Waals surface area contributed by atoms with E-state index in [2.05, 4.69) is 212 Å². The van der Waals surface area contributed by atoms with Gasteiger partial charge in [0.2, 0.25) is 0 Å². The molecule has 1 aromatic heterocycles. The monoisotopic (exact) mass is 796 g/mol. The normalized spacial score (nSPS) is 13.8. The van der Waals surface area contributed by atoms with Crippen molar-refractivity contribution in [2.24, 2.45) is 0 Å². The summed E-state index contributed by atoms with van der Waals surface area (Å²) in [6, 6.07) is 55.0. The van der Waals surface area contributed by atoms with Crippen molar-refractivity contribution < 1.29 is 4.42 Å². The van der Waals surface area contributed by atoms with Crippen molar-refractivity contribution in [2.45, 2.75) is 97.8 Å². The molecule has 0 radical (unpaired) electrons. The second kappa shape index (κ2) is 14.3. The third-order valence-corrected chi connectivity index (χ3v) is 15.0. The Morgan fingerprint density at radius 3 is 1.49 bits per heavy atom. The molecule has 0 saturated heterocycles. The predicted molar refractivity (Wildman–Crippen MR) is 263 cm³/mol. The van der Waals surface area contributed by atoms with Crippen molar-refractivity contribution in [3.63, 3.8) is 0 Å². The van der Waals surface area contributed by atoms with Crippen LogP contribution in [0, 0.1) is 0 Å². The van der Waals surface area contributed by atoms with Crippen LogP contribution in [-0.4, -0.2) is 6.71 Å². The summed E-state index contributed by atoms with van der Waals surface area (Å²) >= 11 is 0. The first-order chi connectivity index (χ1) is 29.3. The number of hydrogen-bond donors (Lipinski definition) is 0. The average molecular weight is 797 g/mol. The maximum absolute atomic E-state index is 6.30. The molecule has 3 heterocycles. The van der Waals surface area contributed by atoms with E-state index < -0.39 is 0 Å². The van der Waals surface area contributed by atoms with Gasteiger partial charge in [0.05, 0.1) is 0 Å². The summed E-state index contributed by atoms with van der Waals surface area (Å²) in [5, 5.41) is 2.31. The van der Waals surface area contributed by atoms with Gasteiger partial charge in [-0.05, 0) is 140 Å². The number of benzene rings is 7. The standard InChI is InChI=1S/C57H57BN2O/c1-10-55(4,5)38-25-31-42(32-26-38)60-48-34-28-40(57(8,9)12-3)36-46(48)58-45-35-39(56(6,7)11-2)27-33-47(45)59(49-19-16-20-50(60)54(49)58)41-29-23-37(24-30-41)43-18-15-22-52-53(43)44-17-13-14-21-51(44)61-52/h13-36H,10-12H2,1-9H3. The van der Waals surface area contributed by atoms with Crippen molar-refractivity contribution in [1.29, 1.82) is 0 Å². The molecule has 10 rings (SSSR count). The second-order valence-corrected chi connectivity index (χ2v) is 19.4. The summed E-state index contributed by atoms with van der Waals surface area (Å²) in [7, 11) is 0. The molecular weight excluding hydrogens is 739 g/mol. The Bertz CT molecular complexity index is 2970. The van der Waals surface area contributed by atoms with Crippen LogP contribution in [0.2, 0.25) is 0 Å². The molecule has 0 unspecified atom stereocenters. The summed E-state index contributed by atoms with van der Waals surface area (Å²) in [4.78, 5) is 5.07. The van der Waals surface area contributed by atoms with Gasteiger partial charge in [0.1, 0.15) is 11.2 Å². The number of furan rings is 1. The Hall–Kier alpha value is -6.00. The number of rotatable bonds is 9. The highest BCUT2D eigenvalue weighted by atomic mass is 16.3. The minimum atomic E-state index is 0.0309. The number of hydrogen-bond acceptors (Lipinski definition) is 3. The Morgan fingerprint density at radius 1 is 0.459 bits per heavy atom. The highest BCUT2D eigenvalue weighted by molar-refractivity contribution is 7.00. The van der Waals surface area contributed by atoms with E-state index in [1.807, 2.05) is 6.07 Å². The molecule has 2 aliphatic rings. The third kappa shape index (κ3) is 6.16. The van der Waals surface area contributed by atoms with Crippen molar-refractivity contribution in [1.82, 2.24) is 0 Å². The van der Waals surface area contributed by atoms with Crippen molar-refractivity contribution in [2.75, 3.05) is 9.80 Å². The topological polar surface area (TPSA) is 19.6 Å². The molecule has 0 amide bonds. The quantitative estimate of drug-likeness (QED) is 0.136. The van der Waals surface area contributed by atoms with Crippen LogP contribution in [0.1, 0.15) is 98.3 Å². The predicted octanol–water partition coefficient (Wildman–Crippen LogP) is 14.4. The van der Waals surface area contributed by atoms with Crippen LogP contribution in [0.15, 0.2) is 150 Å². The van der Waals surface area contributed by atoms with Gasteiger partial charge in [0, 0.05) is 44.9 Å². The second-order valence-electron chi connectivity index (χ2n) is 19.4. The number of anilines is 6. The molecule has 8 aromatic rings. The van der Waals surface area contributed by atoms with Crippen LogP contribution in [0.4, 0.5) is 34.1 Å². The molecule has 2 aliphatic heterocycles. The average Bonchev–Trinajstić information content (AvgIpc) is 3.68. The van der Waals surface area contributed by atoms with Gasteiger partial charge < -0.3 is 14.2 Å². The van der Waals surface area contributed by atoms with Crippen molar-refractivity contribution >= 4 is 79.2 Å². The smallest absolute Gasteiger partial charge is 0.252 e. The molecule has 0 fully saturated rings.